The van der Waals surface area contributed by atoms with Crippen molar-refractivity contribution in [1.29, 1.82) is 5.26 Å². The number of fused-ring (bicyclic) bond motifs is 1. The summed E-state index contributed by atoms with van der Waals surface area (Å²) in [5.74, 6) is 0.389. The Labute approximate surface area is 88.2 Å². The highest BCUT2D eigenvalue weighted by Crippen LogP contribution is 2.16. The van der Waals surface area contributed by atoms with Gasteiger partial charge in [0.1, 0.15) is 0 Å². The first-order chi connectivity index (χ1) is 7.22. The lowest BCUT2D eigenvalue weighted by atomic mass is 10.1. The van der Waals surface area contributed by atoms with Crippen LogP contribution in [0.3, 0.4) is 0 Å². The monoisotopic (exact) mass is 200 g/mol. The van der Waals surface area contributed by atoms with Gasteiger partial charge >= 0.3 is 0 Å². The Kier molecular flexibility index (Phi) is 2.38. The van der Waals surface area contributed by atoms with Gasteiger partial charge in [0.2, 0.25) is 0 Å². The standard InChI is InChI=1S/C11H12N4/c1-8(2)10-7-11-9(3-4-12)13-5-6-15(11)14-10/h5-8H,3H2,1-2H3. The molecule has 0 bridgehead atoms. The van der Waals surface area contributed by atoms with E-state index in [1.807, 2.05) is 12.3 Å². The summed E-state index contributed by atoms with van der Waals surface area (Å²) in [6.07, 6.45) is 3.81. The van der Waals surface area contributed by atoms with Gasteiger partial charge in [0.25, 0.3) is 0 Å². The van der Waals surface area contributed by atoms with Crippen molar-refractivity contribution < 1.29 is 0 Å². The van der Waals surface area contributed by atoms with Crippen molar-refractivity contribution in [2.24, 2.45) is 0 Å². The van der Waals surface area contributed by atoms with E-state index in [1.54, 1.807) is 10.7 Å². The summed E-state index contributed by atoms with van der Waals surface area (Å²) in [7, 11) is 0. The van der Waals surface area contributed by atoms with Crippen molar-refractivity contribution in [2.45, 2.75) is 26.2 Å². The molecule has 0 aliphatic heterocycles. The van der Waals surface area contributed by atoms with Crippen LogP contribution in [0.2, 0.25) is 0 Å². The molecule has 0 aromatic carbocycles. The van der Waals surface area contributed by atoms with Crippen LogP contribution in [0.5, 0.6) is 0 Å². The largest absolute Gasteiger partial charge is 0.256 e. The van der Waals surface area contributed by atoms with Gasteiger partial charge in [-0.15, -0.1) is 0 Å². The molecule has 0 saturated heterocycles. The Hall–Kier alpha value is -1.89. The molecular weight excluding hydrogens is 188 g/mol. The second kappa shape index (κ2) is 3.70. The van der Waals surface area contributed by atoms with Gasteiger partial charge < -0.3 is 0 Å². The third-order valence-electron chi connectivity index (χ3n) is 2.33. The average Bonchev–Trinajstić information content (AvgIpc) is 2.63. The molecule has 0 radical (unpaired) electrons. The Balaban J connectivity index is 2.60. The van der Waals surface area contributed by atoms with Gasteiger partial charge in [-0.05, 0) is 12.0 Å². The molecule has 4 heteroatoms. The topological polar surface area (TPSA) is 54.0 Å². The molecule has 2 aromatic heterocycles. The van der Waals surface area contributed by atoms with Gasteiger partial charge in [0.15, 0.2) is 0 Å². The van der Waals surface area contributed by atoms with E-state index in [9.17, 15) is 0 Å². The molecule has 0 spiro atoms. The zero-order valence-corrected chi connectivity index (χ0v) is 8.81. The molecular formula is C11H12N4. The molecule has 0 fully saturated rings. The summed E-state index contributed by atoms with van der Waals surface area (Å²) in [5, 5.41) is 13.1. The smallest absolute Gasteiger partial charge is 0.0890 e. The predicted molar refractivity (Wildman–Crippen MR) is 56.4 cm³/mol. The lowest BCUT2D eigenvalue weighted by Crippen LogP contribution is -1.95. The molecule has 0 unspecified atom stereocenters. The minimum atomic E-state index is 0.327. The maximum atomic E-state index is 8.68. The summed E-state index contributed by atoms with van der Waals surface area (Å²) in [6.45, 7) is 4.19. The van der Waals surface area contributed by atoms with Gasteiger partial charge in [0.05, 0.1) is 29.4 Å². The Morgan fingerprint density at radius 1 is 1.53 bits per heavy atom. The van der Waals surface area contributed by atoms with E-state index in [1.165, 1.54) is 0 Å². The van der Waals surface area contributed by atoms with Gasteiger partial charge in [-0.1, -0.05) is 13.8 Å². The van der Waals surface area contributed by atoms with Gasteiger partial charge in [-0.3, -0.25) is 4.98 Å². The first-order valence-corrected chi connectivity index (χ1v) is 4.92. The van der Waals surface area contributed by atoms with Crippen LogP contribution >= 0.6 is 0 Å². The Morgan fingerprint density at radius 3 is 3.00 bits per heavy atom. The zero-order chi connectivity index (χ0) is 10.8. The van der Waals surface area contributed by atoms with Crippen molar-refractivity contribution in [3.05, 3.63) is 29.8 Å². The van der Waals surface area contributed by atoms with Crippen LogP contribution in [0.1, 0.15) is 31.2 Å². The Bertz CT molecular complexity index is 519. The maximum absolute atomic E-state index is 8.68. The molecule has 0 aliphatic rings. The van der Waals surface area contributed by atoms with Gasteiger partial charge in [-0.25, -0.2) is 4.52 Å². The first-order valence-electron chi connectivity index (χ1n) is 4.92. The van der Waals surface area contributed by atoms with E-state index in [0.29, 0.717) is 12.3 Å². The summed E-state index contributed by atoms with van der Waals surface area (Å²) < 4.78 is 1.79. The summed E-state index contributed by atoms with van der Waals surface area (Å²) in [5.41, 5.74) is 2.75. The fourth-order valence-electron chi connectivity index (χ4n) is 1.49. The van der Waals surface area contributed by atoms with Crippen LogP contribution in [0.25, 0.3) is 5.52 Å². The van der Waals surface area contributed by atoms with E-state index >= 15 is 0 Å². The van der Waals surface area contributed by atoms with Gasteiger partial charge in [-0.2, -0.15) is 10.4 Å². The highest BCUT2D eigenvalue weighted by atomic mass is 15.2. The second-order valence-corrected chi connectivity index (χ2v) is 3.76. The quantitative estimate of drug-likeness (QED) is 0.744. The van der Waals surface area contributed by atoms with Crippen molar-refractivity contribution in [2.75, 3.05) is 0 Å². The highest BCUT2D eigenvalue weighted by Gasteiger charge is 2.08. The third kappa shape index (κ3) is 1.68. The van der Waals surface area contributed by atoms with Crippen LogP contribution in [0.4, 0.5) is 0 Å². The normalized spacial score (nSPS) is 10.8. The minimum absolute atomic E-state index is 0.327. The van der Waals surface area contributed by atoms with E-state index in [0.717, 1.165) is 16.9 Å². The third-order valence-corrected chi connectivity index (χ3v) is 2.33. The zero-order valence-electron chi connectivity index (χ0n) is 8.81. The highest BCUT2D eigenvalue weighted by molar-refractivity contribution is 5.53. The van der Waals surface area contributed by atoms with Crippen LogP contribution < -0.4 is 0 Å². The number of hydrogen-bond donors (Lipinski definition) is 0. The van der Waals surface area contributed by atoms with Crippen LogP contribution in [-0.4, -0.2) is 14.6 Å². The fourth-order valence-corrected chi connectivity index (χ4v) is 1.49. The molecule has 0 saturated carbocycles. The summed E-state index contributed by atoms with van der Waals surface area (Å²) in [4.78, 5) is 4.19. The molecule has 76 valence electrons. The lowest BCUT2D eigenvalue weighted by Gasteiger charge is -1.96. The maximum Gasteiger partial charge on any atom is 0.0890 e. The molecule has 4 nitrogen and oxygen atoms in total. The molecule has 2 heterocycles. The number of nitrogens with zero attached hydrogens (tertiary/aromatic N) is 4. The average molecular weight is 200 g/mol. The second-order valence-electron chi connectivity index (χ2n) is 3.76. The van der Waals surface area contributed by atoms with Crippen molar-refractivity contribution in [3.63, 3.8) is 0 Å². The van der Waals surface area contributed by atoms with Crippen molar-refractivity contribution in [1.82, 2.24) is 14.6 Å². The summed E-state index contributed by atoms with van der Waals surface area (Å²) >= 11 is 0. The number of hydrogen-bond acceptors (Lipinski definition) is 3. The molecule has 0 aliphatic carbocycles. The molecule has 0 N–H and O–H groups in total. The van der Waals surface area contributed by atoms with Crippen LogP contribution in [0, 0.1) is 11.3 Å². The lowest BCUT2D eigenvalue weighted by molar-refractivity contribution is 0.785. The summed E-state index contributed by atoms with van der Waals surface area (Å²) in [6, 6.07) is 4.12. The van der Waals surface area contributed by atoms with Crippen molar-refractivity contribution >= 4 is 5.52 Å². The van der Waals surface area contributed by atoms with Gasteiger partial charge in [0, 0.05) is 12.4 Å². The van der Waals surface area contributed by atoms with Crippen LogP contribution in [-0.2, 0) is 6.42 Å². The number of nitriles is 1. The minimum Gasteiger partial charge on any atom is -0.256 e. The first kappa shape index (κ1) is 9.66. The predicted octanol–water partition coefficient (Wildman–Crippen LogP) is 1.92. The van der Waals surface area contributed by atoms with Crippen molar-refractivity contribution in [3.8, 4) is 6.07 Å². The van der Waals surface area contributed by atoms with E-state index < -0.39 is 0 Å². The molecule has 0 atom stereocenters. The number of aromatic nitrogens is 3. The number of rotatable bonds is 2. The molecule has 0 amide bonds. The SMILES string of the molecule is CC(C)c1cc2c(CC#N)nccn2n1. The molecule has 2 rings (SSSR count). The van der Waals surface area contributed by atoms with Crippen LogP contribution in [0.15, 0.2) is 18.5 Å². The van der Waals surface area contributed by atoms with E-state index in [2.05, 4.69) is 30.0 Å². The van der Waals surface area contributed by atoms with E-state index in [4.69, 9.17) is 5.26 Å². The van der Waals surface area contributed by atoms with E-state index in [-0.39, 0.29) is 0 Å². The Morgan fingerprint density at radius 2 is 2.33 bits per heavy atom. The molecule has 15 heavy (non-hydrogen) atoms. The fraction of sp³-hybridized carbons (Fsp3) is 0.364. The molecule has 2 aromatic rings.